The minimum atomic E-state index is -10.2. The van der Waals surface area contributed by atoms with Crippen LogP contribution in [0.1, 0.15) is 0 Å². The molecule has 0 saturated carbocycles. The van der Waals surface area contributed by atoms with Crippen LogP contribution in [-0.4, -0.2) is 27.2 Å². The van der Waals surface area contributed by atoms with Crippen molar-refractivity contribution in [3.63, 3.8) is 0 Å². The molecule has 0 amide bonds. The number of nitrogens with one attached hydrogen (secondary N) is 1. The number of hydrogen-bond donors (Lipinski definition) is 1. The fourth-order valence-corrected chi connectivity index (χ4v) is 15.9. The Morgan fingerprint density at radius 1 is 0.205 bits per heavy atom. The van der Waals surface area contributed by atoms with E-state index in [1.54, 1.807) is 0 Å². The molecule has 0 radical (unpaired) electrons. The molecule has 0 aliphatic rings. The lowest BCUT2D eigenvalue weighted by Gasteiger charge is -2.44. The molecule has 0 bridgehead atoms. The van der Waals surface area contributed by atoms with Crippen molar-refractivity contribution in [3.8, 4) is 0 Å². The predicted octanol–water partition coefficient (Wildman–Crippen LogP) is 12.0. The highest BCUT2D eigenvalue weighted by atomic mass is 27.2. The van der Waals surface area contributed by atoms with Gasteiger partial charge in [0.25, 0.3) is 13.1 Å². The van der Waals surface area contributed by atoms with Gasteiger partial charge in [-0.1, -0.05) is 18.2 Å². The Bertz CT molecular complexity index is 3640. The van der Waals surface area contributed by atoms with Gasteiger partial charge in [0, 0.05) is 0 Å². The fourth-order valence-electron chi connectivity index (χ4n) is 9.36. The predicted molar refractivity (Wildman–Crippen MR) is 218 cm³/mol. The van der Waals surface area contributed by atoms with E-state index in [1.165, 1.54) is 10.6 Å². The highest BCUT2D eigenvalue weighted by molar-refractivity contribution is 7.23. The minimum absolute atomic E-state index is 1.33. The molecule has 9 aromatic carbocycles. The molecule has 1 nitrogen and oxygen atoms in total. The van der Waals surface area contributed by atoms with Crippen molar-refractivity contribution in [3.05, 3.63) is 193 Å². The third kappa shape index (κ3) is 7.48. The molecule has 78 heavy (non-hydrogen) atoms. The molecule has 0 spiro atoms. The molecular formula is C48H12AlF28N. The van der Waals surface area contributed by atoms with Gasteiger partial charge in [0.05, 0.1) is 35.6 Å². The van der Waals surface area contributed by atoms with Crippen LogP contribution in [0.3, 0.4) is 0 Å². The molecule has 0 aromatic heterocycles. The van der Waals surface area contributed by atoms with Crippen molar-refractivity contribution in [2.75, 3.05) is 14.1 Å². The maximum Gasteiger partial charge on any atom is 0.286 e. The normalized spacial score (nSPS) is 12.1. The smallest absolute Gasteiger partial charge is 0.286 e. The van der Waals surface area contributed by atoms with Gasteiger partial charge in [0.15, 0.2) is 140 Å². The highest BCUT2D eigenvalue weighted by Gasteiger charge is 2.54. The average molecular weight is 1160 g/mol. The first-order valence-electron chi connectivity index (χ1n) is 20.6. The third-order valence-corrected chi connectivity index (χ3v) is 18.2. The first-order chi connectivity index (χ1) is 36.3. The molecule has 30 heteroatoms. The number of fused-ring (bicyclic) bond motifs is 4. The van der Waals surface area contributed by atoms with Crippen LogP contribution in [0.4, 0.5) is 129 Å². The maximum atomic E-state index is 17.3. The molecule has 1 N–H and O–H groups in total. The molecule has 9 rings (SSSR count). The Morgan fingerprint density at radius 3 is 0.513 bits per heavy atom. The zero-order valence-electron chi connectivity index (χ0n) is 37.0. The van der Waals surface area contributed by atoms with Crippen molar-refractivity contribution in [2.24, 2.45) is 0 Å². The summed E-state index contributed by atoms with van der Waals surface area (Å²) in [6.45, 7) is 0. The average Bonchev–Trinajstić information content (AvgIpc) is 3.45. The van der Waals surface area contributed by atoms with E-state index in [-0.39, 0.29) is 0 Å². The second-order valence-corrected chi connectivity index (χ2v) is 20.7. The van der Waals surface area contributed by atoms with Gasteiger partial charge in [-0.15, -0.1) is 0 Å². The van der Waals surface area contributed by atoms with Gasteiger partial charge in [-0.25, -0.2) is 123 Å². The van der Waals surface area contributed by atoms with E-state index >= 15 is 105 Å². The third-order valence-electron chi connectivity index (χ3n) is 12.6. The molecule has 0 aliphatic heterocycles. The van der Waals surface area contributed by atoms with E-state index in [2.05, 4.69) is 38.4 Å². The quantitative estimate of drug-likeness (QED) is 0.0758. The molecule has 408 valence electrons. The summed E-state index contributed by atoms with van der Waals surface area (Å²) >= 11 is -10.2. The van der Waals surface area contributed by atoms with Gasteiger partial charge in [-0.3, -0.25) is 0 Å². The number of benzene rings is 9. The first-order valence-corrected chi connectivity index (χ1v) is 22.9. The van der Waals surface area contributed by atoms with Gasteiger partial charge in [-0.05, 0) is 33.7 Å². The molecule has 0 aliphatic carbocycles. The number of rotatable bonds is 5. The molecule has 9 aromatic rings. The number of quaternary nitrogens is 1. The Kier molecular flexibility index (Phi) is 14.2. The van der Waals surface area contributed by atoms with Crippen LogP contribution in [0.2, 0.25) is 0 Å². The van der Waals surface area contributed by atoms with Gasteiger partial charge >= 0.3 is 0 Å². The second-order valence-electron chi connectivity index (χ2n) is 16.7. The Morgan fingerprint density at radius 2 is 0.359 bits per heavy atom. The lowest BCUT2D eigenvalue weighted by molar-refractivity contribution is -0.786. The Labute approximate surface area is 414 Å². The van der Waals surface area contributed by atoms with Crippen LogP contribution >= 0.6 is 0 Å². The summed E-state index contributed by atoms with van der Waals surface area (Å²) in [5.74, 6) is -104. The van der Waals surface area contributed by atoms with E-state index < -0.39 is 237 Å². The molecule has 0 unspecified atom stereocenters. The van der Waals surface area contributed by atoms with Crippen molar-refractivity contribution < 1.29 is 128 Å². The largest absolute Gasteiger partial charge is 0.307 e. The van der Waals surface area contributed by atoms with Crippen LogP contribution < -0.4 is 22.6 Å². The van der Waals surface area contributed by atoms with Gasteiger partial charge in [0.2, 0.25) is 0 Å². The topological polar surface area (TPSA) is 4.44 Å². The summed E-state index contributed by atoms with van der Waals surface area (Å²) in [6.07, 6.45) is 0. The van der Waals surface area contributed by atoms with Crippen LogP contribution in [0.15, 0.2) is 30.3 Å². The van der Waals surface area contributed by atoms with E-state index in [0.29, 0.717) is 0 Å². The van der Waals surface area contributed by atoms with Crippen molar-refractivity contribution in [1.82, 2.24) is 0 Å². The summed E-state index contributed by atoms with van der Waals surface area (Å²) in [4.78, 5) is 1.37. The maximum absolute atomic E-state index is 17.3. The van der Waals surface area contributed by atoms with Gasteiger partial charge < -0.3 is 4.90 Å². The van der Waals surface area contributed by atoms with Crippen LogP contribution in [0.5, 0.6) is 0 Å². The molecular weight excluding hydrogens is 1150 g/mol. The van der Waals surface area contributed by atoms with Crippen molar-refractivity contribution in [2.45, 2.75) is 0 Å². The monoisotopic (exact) mass is 1160 g/mol. The SMILES string of the molecule is C[NH+](C)c1ccccc1.Fc1c(F)c(F)c2[c]([Al-]([c]3c(F)c(F)c(F)c4c(F)c(F)c(F)c(F)c34)([c]3c(F)c(F)c(F)c4c(F)c(F)c(F)c(F)c34)[c]3c(F)c(F)c(F)c4c(F)c(F)c(F)c(F)c34)c(F)c(F)c(F)c2c1F. The lowest BCUT2D eigenvalue weighted by Crippen LogP contribution is -3.00. The summed E-state index contributed by atoms with van der Waals surface area (Å²) in [5.41, 5.74) is 1.33. The van der Waals surface area contributed by atoms with Crippen LogP contribution in [-0.2, 0) is 0 Å². The van der Waals surface area contributed by atoms with Crippen LogP contribution in [0.25, 0.3) is 43.1 Å². The highest BCUT2D eigenvalue weighted by Crippen LogP contribution is 2.42. The van der Waals surface area contributed by atoms with E-state index in [1.807, 2.05) is 6.07 Å². The van der Waals surface area contributed by atoms with Gasteiger partial charge in [-0.2, -0.15) is 17.7 Å². The molecule has 0 atom stereocenters. The number of hydrogen-bond acceptors (Lipinski definition) is 0. The summed E-state index contributed by atoms with van der Waals surface area (Å²) in [6, 6.07) is 10.4. The lowest BCUT2D eigenvalue weighted by atomic mass is 10.1. The Hall–Kier alpha value is -7.45. The molecule has 0 heterocycles. The van der Waals surface area contributed by atoms with E-state index in [4.69, 9.17) is 0 Å². The number of para-hydroxylation sites is 1. The number of halogens is 28. The fraction of sp³-hybridized carbons (Fsp3) is 0.0417. The van der Waals surface area contributed by atoms with Crippen LogP contribution in [0, 0.1) is 163 Å². The first kappa shape index (κ1) is 56.7. The Balaban J connectivity index is 0.000000810. The van der Waals surface area contributed by atoms with E-state index in [0.717, 1.165) is 0 Å². The summed E-state index contributed by atoms with van der Waals surface area (Å²) in [5, 5.41) is -26.7. The van der Waals surface area contributed by atoms with Crippen molar-refractivity contribution >= 4 is 79.6 Å². The standard InChI is InChI=1S/4C10F7.C8H11N.Al/c4*11-3-1-2-4(7(14)6(3)13)8(15)10(17)9(16)5(2)12;1-9(2)8-6-4-3-5-7-8;/h;;;;3-7H,1-2H3;/q;;;;;-1/p+1. The van der Waals surface area contributed by atoms with E-state index in [9.17, 15) is 17.6 Å². The summed E-state index contributed by atoms with van der Waals surface area (Å²) in [7, 11) is 4.24. The summed E-state index contributed by atoms with van der Waals surface area (Å²) < 4.78 is 432. The molecule has 0 fully saturated rings. The van der Waals surface area contributed by atoms with Crippen molar-refractivity contribution in [1.29, 1.82) is 0 Å². The molecule has 0 saturated heterocycles. The zero-order valence-corrected chi connectivity index (χ0v) is 38.2. The minimum Gasteiger partial charge on any atom is -0.307 e. The zero-order chi connectivity index (χ0) is 58.3. The van der Waals surface area contributed by atoms with Gasteiger partial charge in [0.1, 0.15) is 29.0 Å². The second kappa shape index (κ2) is 19.5.